The molecule has 1 saturated carbocycles. The topological polar surface area (TPSA) is 56.3 Å². The normalized spacial score (nSPS) is 25.8. The molecule has 33 heavy (non-hydrogen) atoms. The second-order valence-electron chi connectivity index (χ2n) is 10.2. The maximum Gasteiger partial charge on any atom is 0.409 e. The zero-order valence-corrected chi connectivity index (χ0v) is 20.0. The molecule has 4 fully saturated rings. The van der Waals surface area contributed by atoms with Crippen molar-refractivity contribution in [2.45, 2.75) is 45.1 Å². The highest BCUT2D eigenvalue weighted by Crippen LogP contribution is 2.60. The first-order valence-corrected chi connectivity index (χ1v) is 12.8. The van der Waals surface area contributed by atoms with Crippen LogP contribution in [0.2, 0.25) is 0 Å². The molecule has 180 valence electrons. The summed E-state index contributed by atoms with van der Waals surface area (Å²) in [5.41, 5.74) is 1.52. The standard InChI is InChI=1S/C26H38N4O3/c1-2-33-25(32)30-12-8-22(9-13-30)27-14-10-26(11-15-27)20-23(26)24(31)29-18-16-28(17-19-29)21-6-4-3-5-7-21/h3-7,22-23H,2,8-20H2,1H3/t23-/m0/s1. The average molecular weight is 455 g/mol. The van der Waals surface area contributed by atoms with Crippen molar-refractivity contribution < 1.29 is 14.3 Å². The molecule has 1 atom stereocenters. The van der Waals surface area contributed by atoms with Crippen LogP contribution in [0.15, 0.2) is 30.3 Å². The number of carbonyl (C=O) groups excluding carboxylic acids is 2. The molecule has 1 spiro atoms. The SMILES string of the molecule is CCOC(=O)N1CCC(N2CCC3(CC2)C[C@H]3C(=O)N2CCN(c3ccccc3)CC2)CC1. The number of hydrogen-bond acceptors (Lipinski definition) is 5. The van der Waals surface area contributed by atoms with Crippen LogP contribution >= 0.6 is 0 Å². The summed E-state index contributed by atoms with van der Waals surface area (Å²) in [7, 11) is 0. The smallest absolute Gasteiger partial charge is 0.409 e. The number of para-hydroxylation sites is 1. The number of anilines is 1. The van der Waals surface area contributed by atoms with E-state index in [2.05, 4.69) is 39.0 Å². The Labute approximate surface area is 197 Å². The van der Waals surface area contributed by atoms with Gasteiger partial charge in [0.15, 0.2) is 0 Å². The van der Waals surface area contributed by atoms with Gasteiger partial charge in [-0.3, -0.25) is 4.79 Å². The van der Waals surface area contributed by atoms with Crippen LogP contribution < -0.4 is 4.90 Å². The Hall–Kier alpha value is -2.28. The lowest BCUT2D eigenvalue weighted by Gasteiger charge is -2.42. The molecule has 1 aliphatic carbocycles. The van der Waals surface area contributed by atoms with Crippen molar-refractivity contribution in [3.63, 3.8) is 0 Å². The zero-order valence-electron chi connectivity index (χ0n) is 20.0. The van der Waals surface area contributed by atoms with Gasteiger partial charge in [0.25, 0.3) is 0 Å². The van der Waals surface area contributed by atoms with E-state index < -0.39 is 0 Å². The van der Waals surface area contributed by atoms with E-state index >= 15 is 0 Å². The fourth-order valence-corrected chi connectivity index (χ4v) is 6.26. The number of ether oxygens (including phenoxy) is 1. The third kappa shape index (κ3) is 4.70. The summed E-state index contributed by atoms with van der Waals surface area (Å²) < 4.78 is 5.14. The highest BCUT2D eigenvalue weighted by molar-refractivity contribution is 5.83. The first kappa shape index (κ1) is 22.5. The van der Waals surface area contributed by atoms with E-state index in [1.165, 1.54) is 5.69 Å². The molecule has 4 aliphatic rings. The molecule has 7 nitrogen and oxygen atoms in total. The van der Waals surface area contributed by atoms with Gasteiger partial charge in [0.1, 0.15) is 0 Å². The van der Waals surface area contributed by atoms with Gasteiger partial charge in [0.2, 0.25) is 5.91 Å². The molecular weight excluding hydrogens is 416 g/mol. The quantitative estimate of drug-likeness (QED) is 0.700. The fraction of sp³-hybridized carbons (Fsp3) is 0.692. The lowest BCUT2D eigenvalue weighted by atomic mass is 9.88. The summed E-state index contributed by atoms with van der Waals surface area (Å²) in [6.45, 7) is 9.59. The van der Waals surface area contributed by atoms with Gasteiger partial charge in [-0.25, -0.2) is 4.79 Å². The van der Waals surface area contributed by atoms with Crippen molar-refractivity contribution >= 4 is 17.7 Å². The second-order valence-corrected chi connectivity index (χ2v) is 10.2. The first-order valence-electron chi connectivity index (χ1n) is 12.8. The van der Waals surface area contributed by atoms with E-state index in [9.17, 15) is 9.59 Å². The van der Waals surface area contributed by atoms with Crippen LogP contribution in [0.3, 0.4) is 0 Å². The monoisotopic (exact) mass is 454 g/mol. The molecule has 5 rings (SSSR count). The molecule has 3 saturated heterocycles. The van der Waals surface area contributed by atoms with Crippen molar-refractivity contribution in [1.29, 1.82) is 0 Å². The molecule has 3 heterocycles. The van der Waals surface area contributed by atoms with Crippen molar-refractivity contribution in [1.82, 2.24) is 14.7 Å². The van der Waals surface area contributed by atoms with Gasteiger partial charge in [-0.2, -0.15) is 0 Å². The van der Waals surface area contributed by atoms with Gasteiger partial charge < -0.3 is 24.3 Å². The molecule has 0 radical (unpaired) electrons. The maximum atomic E-state index is 13.3. The number of nitrogens with zero attached hydrogens (tertiary/aromatic N) is 4. The highest BCUT2D eigenvalue weighted by Gasteiger charge is 2.59. The van der Waals surface area contributed by atoms with Gasteiger partial charge in [0.05, 0.1) is 6.61 Å². The number of benzene rings is 1. The minimum absolute atomic E-state index is 0.169. The largest absolute Gasteiger partial charge is 0.450 e. The van der Waals surface area contributed by atoms with E-state index in [0.29, 0.717) is 18.6 Å². The molecule has 0 unspecified atom stereocenters. The number of piperidine rings is 2. The Morgan fingerprint density at radius 2 is 1.58 bits per heavy atom. The third-order valence-electron chi connectivity index (χ3n) is 8.50. The van der Waals surface area contributed by atoms with Crippen LogP contribution in [0.25, 0.3) is 0 Å². The zero-order chi connectivity index (χ0) is 22.8. The number of piperazine rings is 1. The van der Waals surface area contributed by atoms with E-state index in [1.54, 1.807) is 0 Å². The van der Waals surface area contributed by atoms with Crippen molar-refractivity contribution in [2.24, 2.45) is 11.3 Å². The van der Waals surface area contributed by atoms with Crippen LogP contribution in [-0.4, -0.2) is 91.7 Å². The summed E-state index contributed by atoms with van der Waals surface area (Å²) in [5, 5.41) is 0. The summed E-state index contributed by atoms with van der Waals surface area (Å²) in [5.74, 6) is 0.646. The number of amides is 2. The van der Waals surface area contributed by atoms with Gasteiger partial charge in [-0.15, -0.1) is 0 Å². The van der Waals surface area contributed by atoms with E-state index in [0.717, 1.165) is 84.5 Å². The molecule has 0 bridgehead atoms. The Bertz CT molecular complexity index is 823. The van der Waals surface area contributed by atoms with Crippen LogP contribution in [0.4, 0.5) is 10.5 Å². The lowest BCUT2D eigenvalue weighted by Crippen LogP contribution is -2.51. The maximum absolute atomic E-state index is 13.3. The molecule has 1 aromatic rings. The molecular formula is C26H38N4O3. The summed E-state index contributed by atoms with van der Waals surface area (Å²) >= 11 is 0. The molecule has 2 amide bonds. The van der Waals surface area contributed by atoms with Gasteiger partial charge in [0, 0.05) is 56.9 Å². The van der Waals surface area contributed by atoms with Gasteiger partial charge in [-0.1, -0.05) is 18.2 Å². The Kier molecular flexibility index (Phi) is 6.50. The Balaban J connectivity index is 1.06. The minimum Gasteiger partial charge on any atom is -0.450 e. The summed E-state index contributed by atoms with van der Waals surface area (Å²) in [6, 6.07) is 11.1. The highest BCUT2D eigenvalue weighted by atomic mass is 16.6. The van der Waals surface area contributed by atoms with Crippen LogP contribution in [0, 0.1) is 11.3 Å². The van der Waals surface area contributed by atoms with E-state index in [4.69, 9.17) is 4.74 Å². The first-order chi connectivity index (χ1) is 16.1. The number of likely N-dealkylation sites (tertiary alicyclic amines) is 2. The van der Waals surface area contributed by atoms with Gasteiger partial charge >= 0.3 is 6.09 Å². The fourth-order valence-electron chi connectivity index (χ4n) is 6.26. The van der Waals surface area contributed by atoms with Crippen molar-refractivity contribution in [3.8, 4) is 0 Å². The Morgan fingerprint density at radius 1 is 0.909 bits per heavy atom. The van der Waals surface area contributed by atoms with E-state index in [1.807, 2.05) is 17.9 Å². The second kappa shape index (κ2) is 9.53. The van der Waals surface area contributed by atoms with Crippen LogP contribution in [0.1, 0.15) is 39.0 Å². The molecule has 7 heteroatoms. The lowest BCUT2D eigenvalue weighted by molar-refractivity contribution is -0.134. The Morgan fingerprint density at radius 3 is 2.21 bits per heavy atom. The average Bonchev–Trinajstić information content (AvgIpc) is 3.58. The number of carbonyl (C=O) groups is 2. The number of rotatable bonds is 4. The molecule has 0 aromatic heterocycles. The third-order valence-corrected chi connectivity index (χ3v) is 8.50. The summed E-state index contributed by atoms with van der Waals surface area (Å²) in [4.78, 5) is 34.2. The van der Waals surface area contributed by atoms with Gasteiger partial charge in [-0.05, 0) is 69.7 Å². The molecule has 0 N–H and O–H groups in total. The molecule has 3 aliphatic heterocycles. The van der Waals surface area contributed by atoms with Crippen molar-refractivity contribution in [3.05, 3.63) is 30.3 Å². The van der Waals surface area contributed by atoms with Crippen LogP contribution in [0.5, 0.6) is 0 Å². The molecule has 1 aromatic carbocycles. The predicted octanol–water partition coefficient (Wildman–Crippen LogP) is 3.06. The van der Waals surface area contributed by atoms with Crippen LogP contribution in [-0.2, 0) is 9.53 Å². The minimum atomic E-state index is -0.169. The van der Waals surface area contributed by atoms with E-state index in [-0.39, 0.29) is 17.4 Å². The summed E-state index contributed by atoms with van der Waals surface area (Å²) in [6.07, 6.45) is 5.26. The predicted molar refractivity (Wildman–Crippen MR) is 128 cm³/mol. The van der Waals surface area contributed by atoms with Crippen molar-refractivity contribution in [2.75, 3.05) is 63.9 Å². The number of hydrogen-bond donors (Lipinski definition) is 0.